The second-order valence-electron chi connectivity index (χ2n) is 5.88. The van der Waals surface area contributed by atoms with Crippen molar-refractivity contribution in [3.8, 4) is 0 Å². The third-order valence-corrected chi connectivity index (χ3v) is 5.63. The number of carbonyl (C=O) groups is 1. The average Bonchev–Trinajstić information content (AvgIpc) is 2.61. The number of carbonyl (C=O) groups excluding carboxylic acids is 1. The van der Waals surface area contributed by atoms with Gasteiger partial charge in [-0.3, -0.25) is 10.1 Å². The maximum absolute atomic E-state index is 12.6. The van der Waals surface area contributed by atoms with Gasteiger partial charge in [0.25, 0.3) is 5.69 Å². The van der Waals surface area contributed by atoms with Gasteiger partial charge in [-0.25, -0.2) is 9.79 Å². The van der Waals surface area contributed by atoms with Crippen molar-refractivity contribution in [3.05, 3.63) is 50.2 Å². The van der Waals surface area contributed by atoms with Crippen LogP contribution in [0.5, 0.6) is 0 Å². The number of nitrogens with zero attached hydrogens (tertiary/aromatic N) is 3. The van der Waals surface area contributed by atoms with Crippen LogP contribution in [0.2, 0.25) is 5.02 Å². The van der Waals surface area contributed by atoms with E-state index in [2.05, 4.69) is 4.99 Å². The molecule has 0 aliphatic carbocycles. The summed E-state index contributed by atoms with van der Waals surface area (Å²) in [5.74, 6) is 0.496. The zero-order valence-electron chi connectivity index (χ0n) is 14.4. The Bertz CT molecular complexity index is 824. The summed E-state index contributed by atoms with van der Waals surface area (Å²) in [7, 11) is 0. The third-order valence-electron chi connectivity index (χ3n) is 4.24. The lowest BCUT2D eigenvalue weighted by Crippen LogP contribution is -2.42. The van der Waals surface area contributed by atoms with Crippen molar-refractivity contribution in [3.63, 3.8) is 0 Å². The zero-order chi connectivity index (χ0) is 18.8. The molecule has 0 aromatic heterocycles. The summed E-state index contributed by atoms with van der Waals surface area (Å²) < 4.78 is 5.23. The molecule has 1 atom stereocenters. The molecule has 0 saturated carbocycles. The molecule has 1 aromatic rings. The lowest BCUT2D eigenvalue weighted by Gasteiger charge is -2.40. The molecule has 138 valence electrons. The van der Waals surface area contributed by atoms with E-state index in [4.69, 9.17) is 16.3 Å². The van der Waals surface area contributed by atoms with Gasteiger partial charge < -0.3 is 9.64 Å². The third kappa shape index (κ3) is 3.43. The van der Waals surface area contributed by atoms with Crippen molar-refractivity contribution >= 4 is 40.2 Å². The Morgan fingerprint density at radius 1 is 1.54 bits per heavy atom. The summed E-state index contributed by atoms with van der Waals surface area (Å²) >= 11 is 7.58. The number of amidine groups is 1. The van der Waals surface area contributed by atoms with Gasteiger partial charge in [-0.05, 0) is 31.9 Å². The Labute approximate surface area is 160 Å². The molecular weight excluding hydrogens is 378 g/mol. The topological polar surface area (TPSA) is 85.0 Å². The van der Waals surface area contributed by atoms with E-state index in [1.54, 1.807) is 31.7 Å². The maximum atomic E-state index is 12.6. The summed E-state index contributed by atoms with van der Waals surface area (Å²) in [5.41, 5.74) is 1.43. The van der Waals surface area contributed by atoms with Crippen molar-refractivity contribution in [1.29, 1.82) is 0 Å². The van der Waals surface area contributed by atoms with Crippen molar-refractivity contribution in [1.82, 2.24) is 4.90 Å². The molecule has 9 heteroatoms. The van der Waals surface area contributed by atoms with Crippen LogP contribution in [0, 0.1) is 10.1 Å². The number of nitro groups is 1. The first kappa shape index (κ1) is 18.7. The van der Waals surface area contributed by atoms with E-state index in [1.807, 2.05) is 4.90 Å². The molecule has 1 saturated heterocycles. The smallest absolute Gasteiger partial charge is 0.338 e. The van der Waals surface area contributed by atoms with Gasteiger partial charge in [-0.1, -0.05) is 29.4 Å². The Kier molecular flexibility index (Phi) is 5.52. The fourth-order valence-electron chi connectivity index (χ4n) is 3.12. The number of nitro benzene ring substituents is 1. The number of esters is 1. The first-order valence-corrected chi connectivity index (χ1v) is 9.60. The largest absolute Gasteiger partial charge is 0.463 e. The van der Waals surface area contributed by atoms with Crippen LogP contribution < -0.4 is 0 Å². The van der Waals surface area contributed by atoms with Crippen LogP contribution in [0.4, 0.5) is 5.69 Å². The van der Waals surface area contributed by atoms with Crippen molar-refractivity contribution in [2.45, 2.75) is 26.3 Å². The van der Waals surface area contributed by atoms with Gasteiger partial charge in [0.15, 0.2) is 5.17 Å². The average molecular weight is 396 g/mol. The Morgan fingerprint density at radius 2 is 2.31 bits per heavy atom. The lowest BCUT2D eigenvalue weighted by molar-refractivity contribution is -0.384. The van der Waals surface area contributed by atoms with Gasteiger partial charge in [0, 0.05) is 18.4 Å². The Morgan fingerprint density at radius 3 is 3.00 bits per heavy atom. The number of rotatable bonds is 4. The van der Waals surface area contributed by atoms with Crippen LogP contribution in [0.15, 0.2) is 34.5 Å². The molecule has 0 N–H and O–H groups in total. The number of hydrogen-bond donors (Lipinski definition) is 0. The van der Waals surface area contributed by atoms with E-state index in [0.717, 1.165) is 17.3 Å². The van der Waals surface area contributed by atoms with Crippen molar-refractivity contribution in [2.24, 2.45) is 4.99 Å². The molecule has 7 nitrogen and oxygen atoms in total. The minimum absolute atomic E-state index is 0.0647. The Hall–Kier alpha value is -2.06. The highest BCUT2D eigenvalue weighted by atomic mass is 35.5. The van der Waals surface area contributed by atoms with E-state index in [9.17, 15) is 14.9 Å². The second kappa shape index (κ2) is 7.67. The minimum Gasteiger partial charge on any atom is -0.463 e. The summed E-state index contributed by atoms with van der Waals surface area (Å²) in [4.78, 5) is 30.0. The Balaban J connectivity index is 2.14. The van der Waals surface area contributed by atoms with Gasteiger partial charge in [-0.2, -0.15) is 0 Å². The first-order chi connectivity index (χ1) is 12.4. The molecule has 0 radical (unpaired) electrons. The van der Waals surface area contributed by atoms with Crippen molar-refractivity contribution in [2.75, 3.05) is 18.9 Å². The summed E-state index contributed by atoms with van der Waals surface area (Å²) in [6, 6.07) is 4.16. The number of thioether (sulfide) groups is 1. The second-order valence-corrected chi connectivity index (χ2v) is 7.35. The number of allylic oxidation sites excluding steroid dienone is 1. The molecule has 0 spiro atoms. The molecule has 2 aliphatic heterocycles. The van der Waals surface area contributed by atoms with Gasteiger partial charge >= 0.3 is 5.97 Å². The molecule has 3 rings (SSSR count). The summed E-state index contributed by atoms with van der Waals surface area (Å²) in [6.45, 7) is 4.46. The molecule has 26 heavy (non-hydrogen) atoms. The van der Waals surface area contributed by atoms with E-state index in [1.165, 1.54) is 12.1 Å². The maximum Gasteiger partial charge on any atom is 0.338 e. The molecule has 0 bridgehead atoms. The van der Waals surface area contributed by atoms with Gasteiger partial charge in [-0.15, -0.1) is 0 Å². The van der Waals surface area contributed by atoms with E-state index < -0.39 is 16.9 Å². The normalized spacial score (nSPS) is 19.7. The van der Waals surface area contributed by atoms with Gasteiger partial charge in [0.2, 0.25) is 0 Å². The highest BCUT2D eigenvalue weighted by Crippen LogP contribution is 2.41. The molecule has 0 unspecified atom stereocenters. The van der Waals surface area contributed by atoms with Crippen LogP contribution in [0.1, 0.15) is 31.9 Å². The van der Waals surface area contributed by atoms with Crippen LogP contribution >= 0.6 is 23.4 Å². The molecule has 2 aliphatic rings. The fourth-order valence-corrected chi connectivity index (χ4v) is 4.33. The number of benzene rings is 1. The highest BCUT2D eigenvalue weighted by Gasteiger charge is 2.38. The number of aliphatic imine (C=N–C) groups is 1. The van der Waals surface area contributed by atoms with E-state index >= 15 is 0 Å². The monoisotopic (exact) mass is 395 g/mol. The summed E-state index contributed by atoms with van der Waals surface area (Å²) in [6.07, 6.45) is 0.936. The minimum atomic E-state index is -0.519. The predicted octanol–water partition coefficient (Wildman–Crippen LogP) is 3.93. The zero-order valence-corrected chi connectivity index (χ0v) is 16.0. The molecule has 0 amide bonds. The number of fused-ring (bicyclic) bond motifs is 1. The lowest BCUT2D eigenvalue weighted by atomic mass is 9.94. The van der Waals surface area contributed by atoms with Crippen molar-refractivity contribution < 1.29 is 14.5 Å². The van der Waals surface area contributed by atoms with Crippen LogP contribution in [-0.2, 0) is 9.53 Å². The molecule has 1 aromatic carbocycles. The van der Waals surface area contributed by atoms with Crippen LogP contribution in [0.3, 0.4) is 0 Å². The molecular formula is C17H18ClN3O4S. The number of hydrogen-bond acceptors (Lipinski definition) is 7. The standard InChI is InChI=1S/C17H18ClN3O4S/c1-3-25-16(22)14-10(2)19-17-20(7-4-8-26-17)15(14)11-5-6-12(18)13(9-11)21(23)24/h5-6,9,15H,3-4,7-8H2,1-2H3/t15-/m1/s1. The first-order valence-electron chi connectivity index (χ1n) is 8.24. The van der Waals surface area contributed by atoms with E-state index in [0.29, 0.717) is 23.4 Å². The molecule has 2 heterocycles. The SMILES string of the molecule is CCOC(=O)C1=C(C)N=C2SCCCN2[C@@H]1c1ccc(Cl)c([N+](=O)[O-])c1. The number of halogens is 1. The fraction of sp³-hybridized carbons (Fsp3) is 0.412. The van der Waals surface area contributed by atoms with Crippen LogP contribution in [-0.4, -0.2) is 39.9 Å². The summed E-state index contributed by atoms with van der Waals surface area (Å²) in [5, 5.41) is 12.2. The highest BCUT2D eigenvalue weighted by molar-refractivity contribution is 8.13. The number of ether oxygens (including phenoxy) is 1. The van der Waals surface area contributed by atoms with E-state index in [-0.39, 0.29) is 17.3 Å². The van der Waals surface area contributed by atoms with Gasteiger partial charge in [0.05, 0.1) is 28.8 Å². The van der Waals surface area contributed by atoms with Crippen LogP contribution in [0.25, 0.3) is 0 Å². The quantitative estimate of drug-likeness (QED) is 0.436. The predicted molar refractivity (Wildman–Crippen MR) is 101 cm³/mol. The molecule has 1 fully saturated rings. The van der Waals surface area contributed by atoms with Gasteiger partial charge in [0.1, 0.15) is 5.02 Å².